The van der Waals surface area contributed by atoms with Gasteiger partial charge in [-0.1, -0.05) is 32.1 Å². The van der Waals surface area contributed by atoms with E-state index in [1.165, 1.54) is 0 Å². The number of anilines is 1. The highest BCUT2D eigenvalue weighted by atomic mass is 32.1. The van der Waals surface area contributed by atoms with Gasteiger partial charge in [0.15, 0.2) is 0 Å². The van der Waals surface area contributed by atoms with Crippen LogP contribution in [0.4, 0.5) is 5.13 Å². The molecule has 0 unspecified atom stereocenters. The molecule has 2 aromatic heterocycles. The molecule has 2 aromatic rings. The van der Waals surface area contributed by atoms with Gasteiger partial charge in [-0.25, -0.2) is 9.50 Å². The highest BCUT2D eigenvalue weighted by molar-refractivity contribution is 7.20. The van der Waals surface area contributed by atoms with Crippen molar-refractivity contribution < 1.29 is 5.11 Å². The number of aliphatic hydroxyl groups excluding tert-OH is 1. The van der Waals surface area contributed by atoms with Crippen molar-refractivity contribution in [2.24, 2.45) is 0 Å². The number of aromatic nitrogens is 3. The third-order valence-electron chi connectivity index (χ3n) is 2.93. The summed E-state index contributed by atoms with van der Waals surface area (Å²) < 4.78 is 1.84. The van der Waals surface area contributed by atoms with Crippen molar-refractivity contribution in [3.05, 3.63) is 11.9 Å². The van der Waals surface area contributed by atoms with Crippen LogP contribution in [0, 0.1) is 0 Å². The van der Waals surface area contributed by atoms with E-state index in [1.54, 1.807) is 11.3 Å². The summed E-state index contributed by atoms with van der Waals surface area (Å²) in [6.45, 7) is 7.80. The molecule has 0 amide bonds. The fourth-order valence-corrected chi connectivity index (χ4v) is 2.69. The Labute approximate surface area is 104 Å². The second-order valence-electron chi connectivity index (χ2n) is 5.55. The van der Waals surface area contributed by atoms with E-state index in [4.69, 9.17) is 0 Å². The van der Waals surface area contributed by atoms with Gasteiger partial charge in [0.05, 0.1) is 18.0 Å². The van der Waals surface area contributed by atoms with E-state index >= 15 is 0 Å². The molecule has 92 valence electrons. The summed E-state index contributed by atoms with van der Waals surface area (Å²) in [5.74, 6) is 0. The number of rotatable bonds is 1. The van der Waals surface area contributed by atoms with Gasteiger partial charge >= 0.3 is 0 Å². The highest BCUT2D eigenvalue weighted by Gasteiger charge is 2.28. The number of nitrogens with zero attached hydrogens (tertiary/aromatic N) is 4. The molecule has 6 heteroatoms. The van der Waals surface area contributed by atoms with Gasteiger partial charge in [0.2, 0.25) is 10.1 Å². The van der Waals surface area contributed by atoms with Crippen LogP contribution in [0.3, 0.4) is 0 Å². The van der Waals surface area contributed by atoms with Crippen molar-refractivity contribution in [1.82, 2.24) is 14.6 Å². The number of hydrogen-bond donors (Lipinski definition) is 1. The number of aliphatic hydroxyl groups is 1. The lowest BCUT2D eigenvalue weighted by atomic mass is 9.93. The molecule has 1 aliphatic rings. The van der Waals surface area contributed by atoms with Crippen LogP contribution in [-0.2, 0) is 5.41 Å². The maximum atomic E-state index is 9.27. The molecule has 5 nitrogen and oxygen atoms in total. The SMILES string of the molecule is CC(C)(C)c1cn2nc(N3CC(O)C3)sc2n1. The first-order valence-corrected chi connectivity index (χ1v) is 6.55. The van der Waals surface area contributed by atoms with Crippen LogP contribution in [-0.4, -0.2) is 38.9 Å². The average Bonchev–Trinajstić information content (AvgIpc) is 2.67. The number of fused-ring (bicyclic) bond motifs is 1. The summed E-state index contributed by atoms with van der Waals surface area (Å²) in [5, 5.41) is 14.7. The zero-order chi connectivity index (χ0) is 12.2. The molecule has 0 aliphatic carbocycles. The molecule has 3 rings (SSSR count). The summed E-state index contributed by atoms with van der Waals surface area (Å²) in [5.41, 5.74) is 1.12. The second-order valence-corrected chi connectivity index (χ2v) is 6.48. The quantitative estimate of drug-likeness (QED) is 0.830. The molecule has 1 fully saturated rings. The maximum Gasteiger partial charge on any atom is 0.214 e. The molecular weight excluding hydrogens is 236 g/mol. The van der Waals surface area contributed by atoms with Crippen LogP contribution in [0.25, 0.3) is 4.96 Å². The number of imidazole rings is 1. The van der Waals surface area contributed by atoms with E-state index in [0.717, 1.165) is 15.8 Å². The van der Waals surface area contributed by atoms with Crippen LogP contribution < -0.4 is 4.90 Å². The molecule has 1 saturated heterocycles. The molecule has 0 atom stereocenters. The third kappa shape index (κ3) is 1.81. The van der Waals surface area contributed by atoms with Crippen molar-refractivity contribution in [2.45, 2.75) is 32.3 Å². The number of β-amino-alcohol motifs (C(OH)–C–C–N with tert-alkyl or cyclic N) is 1. The summed E-state index contributed by atoms with van der Waals surface area (Å²) in [4.78, 5) is 7.59. The van der Waals surface area contributed by atoms with Crippen molar-refractivity contribution in [3.8, 4) is 0 Å². The largest absolute Gasteiger partial charge is 0.389 e. The monoisotopic (exact) mass is 252 g/mol. The molecule has 3 heterocycles. The minimum atomic E-state index is -0.198. The Balaban J connectivity index is 1.91. The van der Waals surface area contributed by atoms with Crippen molar-refractivity contribution >= 4 is 21.4 Å². The minimum absolute atomic E-state index is 0.0561. The van der Waals surface area contributed by atoms with Crippen LogP contribution >= 0.6 is 11.3 Å². The van der Waals surface area contributed by atoms with Gasteiger partial charge in [0, 0.05) is 18.5 Å². The highest BCUT2D eigenvalue weighted by Crippen LogP contribution is 2.29. The van der Waals surface area contributed by atoms with Crippen LogP contribution in [0.15, 0.2) is 6.20 Å². The van der Waals surface area contributed by atoms with E-state index in [9.17, 15) is 5.11 Å². The molecule has 1 aliphatic heterocycles. The lowest BCUT2D eigenvalue weighted by Gasteiger charge is -2.35. The molecule has 0 radical (unpaired) electrons. The molecule has 0 aromatic carbocycles. The Morgan fingerprint density at radius 1 is 1.41 bits per heavy atom. The van der Waals surface area contributed by atoms with E-state index in [1.807, 2.05) is 10.7 Å². The summed E-state index contributed by atoms with van der Waals surface area (Å²) in [7, 11) is 0. The van der Waals surface area contributed by atoms with E-state index in [-0.39, 0.29) is 11.5 Å². The normalized spacial score (nSPS) is 17.8. The van der Waals surface area contributed by atoms with E-state index in [2.05, 4.69) is 35.8 Å². The zero-order valence-electron chi connectivity index (χ0n) is 10.2. The van der Waals surface area contributed by atoms with Gasteiger partial charge in [0.1, 0.15) is 0 Å². The lowest BCUT2D eigenvalue weighted by Crippen LogP contribution is -2.50. The first-order chi connectivity index (χ1) is 7.93. The fourth-order valence-electron chi connectivity index (χ4n) is 1.79. The zero-order valence-corrected chi connectivity index (χ0v) is 11.0. The predicted octanol–water partition coefficient (Wildman–Crippen LogP) is 1.27. The van der Waals surface area contributed by atoms with Crippen LogP contribution in [0.5, 0.6) is 0 Å². The Kier molecular flexibility index (Phi) is 2.21. The molecule has 17 heavy (non-hydrogen) atoms. The maximum absolute atomic E-state index is 9.27. The summed E-state index contributed by atoms with van der Waals surface area (Å²) in [6, 6.07) is 0. The standard InChI is InChI=1S/C11H16N4OS/c1-11(2,3)8-6-15-9(12-8)17-10(13-15)14-4-7(16)5-14/h6-7,16H,4-5H2,1-3H3. The van der Waals surface area contributed by atoms with Crippen molar-refractivity contribution in [2.75, 3.05) is 18.0 Å². The predicted molar refractivity (Wildman–Crippen MR) is 67.8 cm³/mol. The van der Waals surface area contributed by atoms with Gasteiger partial charge in [-0.2, -0.15) is 0 Å². The lowest BCUT2D eigenvalue weighted by molar-refractivity contribution is 0.141. The molecule has 1 N–H and O–H groups in total. The van der Waals surface area contributed by atoms with Crippen molar-refractivity contribution in [1.29, 1.82) is 0 Å². The van der Waals surface area contributed by atoms with E-state index < -0.39 is 0 Å². The smallest absolute Gasteiger partial charge is 0.214 e. The van der Waals surface area contributed by atoms with Crippen LogP contribution in [0.2, 0.25) is 0 Å². The molecule has 0 saturated carbocycles. The van der Waals surface area contributed by atoms with Gasteiger partial charge in [-0.05, 0) is 0 Å². The van der Waals surface area contributed by atoms with Gasteiger partial charge in [-0.15, -0.1) is 5.10 Å². The van der Waals surface area contributed by atoms with Gasteiger partial charge < -0.3 is 10.0 Å². The molecule has 0 spiro atoms. The summed E-state index contributed by atoms with van der Waals surface area (Å²) >= 11 is 1.58. The van der Waals surface area contributed by atoms with E-state index in [0.29, 0.717) is 13.1 Å². The summed E-state index contributed by atoms with van der Waals surface area (Å²) in [6.07, 6.45) is 1.79. The Morgan fingerprint density at radius 2 is 2.12 bits per heavy atom. The third-order valence-corrected chi connectivity index (χ3v) is 3.92. The van der Waals surface area contributed by atoms with Crippen molar-refractivity contribution in [3.63, 3.8) is 0 Å². The minimum Gasteiger partial charge on any atom is -0.389 e. The van der Waals surface area contributed by atoms with Crippen LogP contribution in [0.1, 0.15) is 26.5 Å². The Hall–Kier alpha value is -1.14. The second kappa shape index (κ2) is 3.43. The first-order valence-electron chi connectivity index (χ1n) is 5.73. The topological polar surface area (TPSA) is 53.7 Å². The fraction of sp³-hybridized carbons (Fsp3) is 0.636. The number of hydrogen-bond acceptors (Lipinski definition) is 5. The van der Waals surface area contributed by atoms with Gasteiger partial charge in [-0.3, -0.25) is 0 Å². The molecular formula is C11H16N4OS. The van der Waals surface area contributed by atoms with Gasteiger partial charge in [0.25, 0.3) is 0 Å². The average molecular weight is 252 g/mol. The Bertz CT molecular complexity index is 516. The first kappa shape index (κ1) is 11.0. The Morgan fingerprint density at radius 3 is 2.65 bits per heavy atom. The molecule has 0 bridgehead atoms.